The van der Waals surface area contributed by atoms with Crippen LogP contribution in [-0.4, -0.2) is 89.9 Å². The number of piperazine rings is 1. The average molecular weight is 1750 g/mol. The van der Waals surface area contributed by atoms with E-state index in [-0.39, 0.29) is 121 Å². The minimum Gasteiger partial charge on any atom is -1.00 e. The first-order valence-corrected chi connectivity index (χ1v) is 36.6. The van der Waals surface area contributed by atoms with Gasteiger partial charge in [-0.25, -0.2) is 0 Å². The molecule has 10 heterocycles. The highest BCUT2D eigenvalue weighted by molar-refractivity contribution is 7.21. The number of aliphatic hydroxyl groups excluding tert-OH is 1. The van der Waals surface area contributed by atoms with E-state index in [0.717, 1.165) is 82.9 Å². The summed E-state index contributed by atoms with van der Waals surface area (Å²) in [6.07, 6.45) is 2.99. The molecule has 0 aliphatic carbocycles. The van der Waals surface area contributed by atoms with Crippen LogP contribution < -0.4 is 113 Å². The van der Waals surface area contributed by atoms with Crippen molar-refractivity contribution in [2.24, 2.45) is 0 Å². The summed E-state index contributed by atoms with van der Waals surface area (Å²) in [5, 5.41) is 14.0. The Morgan fingerprint density at radius 2 is 0.819 bits per heavy atom. The number of thiazole rings is 5. The van der Waals surface area contributed by atoms with Gasteiger partial charge in [0.05, 0.1) is 39.0 Å². The summed E-state index contributed by atoms with van der Waals surface area (Å²) in [4.78, 5) is 75.8. The lowest BCUT2D eigenvalue weighted by molar-refractivity contribution is -0.686. The number of amides is 2. The summed E-state index contributed by atoms with van der Waals surface area (Å²) in [7, 11) is 0. The van der Waals surface area contributed by atoms with Gasteiger partial charge in [-0.1, -0.05) is 105 Å². The van der Waals surface area contributed by atoms with Crippen molar-refractivity contribution in [2.75, 3.05) is 50.8 Å². The lowest BCUT2D eigenvalue weighted by atomic mass is 10.1. The van der Waals surface area contributed by atoms with E-state index >= 15 is 0 Å². The van der Waals surface area contributed by atoms with Crippen molar-refractivity contribution in [1.29, 1.82) is 0 Å². The zero-order valence-electron chi connectivity index (χ0n) is 54.4. The Bertz CT molecular complexity index is 3980. The molecule has 10 aromatic rings. The number of benzene rings is 2. The number of anilines is 1. The number of aliphatic hydroxyl groups is 1. The number of halogens is 5. The van der Waals surface area contributed by atoms with Crippen LogP contribution in [0.4, 0.5) is 5.69 Å². The number of ketones is 3. The van der Waals surface area contributed by atoms with E-state index in [1.54, 1.807) is 68.0 Å². The first kappa shape index (κ1) is 84.3. The number of Topliss-reactive ketones (excluding diaryl/α,β-unsaturated/α-hetero) is 3. The summed E-state index contributed by atoms with van der Waals surface area (Å²) in [5.41, 5.74) is 18.3. The van der Waals surface area contributed by atoms with E-state index in [2.05, 4.69) is 98.9 Å². The van der Waals surface area contributed by atoms with Crippen LogP contribution >= 0.6 is 90.7 Å². The summed E-state index contributed by atoms with van der Waals surface area (Å²) in [6.45, 7) is 28.4. The van der Waals surface area contributed by atoms with E-state index in [1.165, 1.54) is 80.7 Å². The molecule has 1 N–H and O–H groups in total. The fourth-order valence-corrected chi connectivity index (χ4v) is 16.6. The van der Waals surface area contributed by atoms with Gasteiger partial charge < -0.3 is 105 Å². The Morgan fingerprint density at radius 3 is 1.22 bits per heavy atom. The fourth-order valence-electron chi connectivity index (χ4n) is 9.93. The predicted molar refractivity (Wildman–Crippen MR) is 365 cm³/mol. The predicted octanol–water partition coefficient (Wildman–Crippen LogP) is -3.23. The average Bonchev–Trinajstić information content (AvgIpc) is 2.44. The number of fused-ring (bicyclic) bond motifs is 1. The number of carbonyl (C=O) groups excluding carboxylic acids is 5. The normalized spacial score (nSPS) is 12.1. The zero-order chi connectivity index (χ0) is 63.7. The van der Waals surface area contributed by atoms with Crippen LogP contribution in [-0.2, 0) is 48.7 Å². The first-order chi connectivity index (χ1) is 42.8. The lowest BCUT2D eigenvalue weighted by Gasteiger charge is -2.35. The Labute approximate surface area is 637 Å². The molecule has 2 aliphatic rings. The lowest BCUT2D eigenvalue weighted by Crippen LogP contribution is -3.00. The summed E-state index contributed by atoms with van der Waals surface area (Å²) in [5.74, 6) is 1.02. The largest absolute Gasteiger partial charge is 1.00 e. The molecule has 8 aromatic heterocycles. The van der Waals surface area contributed by atoms with Crippen molar-refractivity contribution in [1.82, 2.24) is 9.80 Å². The van der Waals surface area contributed by atoms with Crippen LogP contribution in [0.1, 0.15) is 100 Å². The second-order valence-electron chi connectivity index (χ2n) is 21.9. The third kappa shape index (κ3) is 23.1. The number of hydrogen-bond acceptors (Lipinski definition) is 15. The fraction of sp³-hybridized carbons (Fsp3) is 0.373. The van der Waals surface area contributed by atoms with Crippen molar-refractivity contribution in [2.45, 2.75) is 121 Å². The molecule has 0 unspecified atom stereocenters. The van der Waals surface area contributed by atoms with Crippen LogP contribution in [0.15, 0.2) is 117 Å². The maximum atomic E-state index is 12.6. The van der Waals surface area contributed by atoms with E-state index in [4.69, 9.17) is 5.11 Å². The van der Waals surface area contributed by atoms with E-state index in [1.807, 2.05) is 125 Å². The van der Waals surface area contributed by atoms with Crippen molar-refractivity contribution >= 4 is 136 Å². The highest BCUT2D eigenvalue weighted by Crippen LogP contribution is 2.31. The van der Waals surface area contributed by atoms with Gasteiger partial charge in [0.2, 0.25) is 77.6 Å². The van der Waals surface area contributed by atoms with Crippen LogP contribution in [0.3, 0.4) is 0 Å². The van der Waals surface area contributed by atoms with Crippen LogP contribution in [0, 0.1) is 69.2 Å². The summed E-state index contributed by atoms with van der Waals surface area (Å²) < 4.78 is 11.3. The number of carbonyl (C=O) groups is 5. The second-order valence-corrected chi connectivity index (χ2v) is 30.0. The maximum Gasteiger partial charge on any atom is 0.288 e. The molecule has 27 heteroatoms. The number of aromatic nitrogens is 5. The number of hydrogen-bond donors (Lipinski definition) is 1. The Kier molecular flexibility index (Phi) is 37.2. The van der Waals surface area contributed by atoms with Gasteiger partial charge in [0.1, 0.15) is 0 Å². The van der Waals surface area contributed by atoms with Gasteiger partial charge >= 0.3 is 0 Å². The maximum absolute atomic E-state index is 12.6. The molecule has 2 fully saturated rings. The van der Waals surface area contributed by atoms with E-state index in [0.29, 0.717) is 39.1 Å². The van der Waals surface area contributed by atoms with Crippen LogP contribution in [0.25, 0.3) is 10.1 Å². The van der Waals surface area contributed by atoms with Gasteiger partial charge in [-0.05, 0) is 99.5 Å². The molecule has 2 saturated heterocycles. The van der Waals surface area contributed by atoms with Gasteiger partial charge in [0.25, 0.3) is 11.8 Å². The number of likely N-dealkylation sites (tertiary alicyclic amines) is 1. The molecule has 14 nitrogen and oxygen atoms in total. The van der Waals surface area contributed by atoms with Crippen LogP contribution in [0.5, 0.6) is 0 Å². The highest BCUT2D eigenvalue weighted by Gasteiger charge is 2.28. The number of nitrogens with zero attached hydrogens (tertiary/aromatic N) is 8. The second kappa shape index (κ2) is 41.5. The molecule has 0 atom stereocenters. The molecular weight excluding hydrogens is 1670 g/mol. The van der Waals surface area contributed by atoms with Gasteiger partial charge in [-0.2, -0.15) is 22.8 Å². The molecule has 0 bridgehead atoms. The summed E-state index contributed by atoms with van der Waals surface area (Å²) in [6, 6.07) is 26.2. The SMILES string of the molecule is Cc1c(CCO)sc[n+]1CC(=O)c1cccs1.Cc1sc[n+](CC(=O)N2CCCC2)c1C.Cc1sc[n+](CC(=O)N2CCN(c3ccccc3)CC2)c1C.Cc1sc[n+](CC(=O)c2cccs2)c1C.Cc1sc[n+](CC(=O)c2sc3ccccc3c2C)c1C.[Br-].[Br-].[Br-].[Br-].[Br-]. The van der Waals surface area contributed by atoms with Crippen LogP contribution in [0.2, 0.25) is 0 Å². The van der Waals surface area contributed by atoms with Crippen molar-refractivity contribution in [3.8, 4) is 0 Å². The van der Waals surface area contributed by atoms with Crippen molar-refractivity contribution in [3.63, 3.8) is 0 Å². The Hall–Kier alpha value is -3.94. The smallest absolute Gasteiger partial charge is 0.288 e. The van der Waals surface area contributed by atoms with Crippen molar-refractivity contribution in [3.05, 3.63) is 190 Å². The molecule has 508 valence electrons. The number of aryl methyl sites for hydroxylation is 5. The molecular formula is C67H81Br5N8O6S8. The molecule has 0 radical (unpaired) electrons. The van der Waals surface area contributed by atoms with Crippen molar-refractivity contribution < 1.29 is 137 Å². The third-order valence-electron chi connectivity index (χ3n) is 16.1. The molecule has 2 aromatic carbocycles. The minimum atomic E-state index is 0. The molecule has 12 rings (SSSR count). The van der Waals surface area contributed by atoms with Gasteiger partial charge in [0, 0.05) is 97.3 Å². The summed E-state index contributed by atoms with van der Waals surface area (Å²) >= 11 is 13.0. The monoisotopic (exact) mass is 1740 g/mol. The van der Waals surface area contributed by atoms with Gasteiger partial charge in [-0.15, -0.1) is 34.0 Å². The van der Waals surface area contributed by atoms with Gasteiger partial charge in [0.15, 0.2) is 28.5 Å². The highest BCUT2D eigenvalue weighted by atomic mass is 79.9. The molecule has 0 spiro atoms. The Balaban J connectivity index is 0.000000305. The number of thiophene rings is 3. The quantitative estimate of drug-likeness (QED) is 0.0796. The molecule has 2 aliphatic heterocycles. The molecule has 94 heavy (non-hydrogen) atoms. The van der Waals surface area contributed by atoms with E-state index < -0.39 is 0 Å². The standard InChI is InChI=1S/C17H22N3OS.C16H16NOS2.C12H14NO2S2.C11H17N2OS.C11H12NOS2.5BrH/c1-14-15(2)22-13-20(14)12-17(21)19-10-8-18(9-11-19)16-6-4-3-5-7-16;1-10-13-6-4-5-7-15(13)20-16(10)14(18)8-17-9-19-12(3)11(17)2;1-9-11(4-5-14)17-8-13(9)7-10(15)12-3-2-6-16-12;1-9-10(2)15-8-13(9)7-11(14)12-5-3-4-6-12;1-8-9(2)15-7-12(8)6-10(13)11-4-3-5-14-11;;;;;/h3-7,13H,8-12H2,1-2H3;4-7,9H,8H2,1-3H3;2-3,6,8,14H,4-5,7H2,1H3;8H,3-7H2,1-2H3;3-5,7H,6H2,1-2H3;5*1H/q5*+1;;;;;/p-5. The number of rotatable bonds is 16. The third-order valence-corrected chi connectivity index (χ3v) is 24.5. The van der Waals surface area contributed by atoms with Gasteiger partial charge in [-0.3, -0.25) is 24.0 Å². The number of para-hydroxylation sites is 1. The molecule has 2 amide bonds. The Morgan fingerprint density at radius 1 is 0.426 bits per heavy atom. The zero-order valence-corrected chi connectivity index (χ0v) is 68.8. The topological polar surface area (TPSA) is 135 Å². The first-order valence-electron chi connectivity index (χ1n) is 29.7. The van der Waals surface area contributed by atoms with E-state index in [9.17, 15) is 24.0 Å². The molecule has 0 saturated carbocycles. The minimum absolute atomic E-state index is 0.